The smallest absolute Gasteiger partial charge is 0.299 e. The second kappa shape index (κ2) is 5.74. The fourth-order valence-corrected chi connectivity index (χ4v) is 1.58. The van der Waals surface area contributed by atoms with Gasteiger partial charge in [0.05, 0.1) is 21.5 Å². The van der Waals surface area contributed by atoms with Gasteiger partial charge in [0, 0.05) is 18.5 Å². The van der Waals surface area contributed by atoms with Crippen LogP contribution in [0, 0.1) is 20.2 Å². The Balaban J connectivity index is 2.34. The highest BCUT2D eigenvalue weighted by Crippen LogP contribution is 2.29. The number of benzene rings is 1. The number of hydrogen-bond donors (Lipinski definition) is 1. The Bertz CT molecular complexity index is 717. The van der Waals surface area contributed by atoms with Crippen LogP contribution in [0.4, 0.5) is 17.1 Å². The molecule has 0 fully saturated rings. The van der Waals surface area contributed by atoms with Crippen LogP contribution in [-0.2, 0) is 0 Å². The molecule has 0 aliphatic carbocycles. The number of amides is 1. The predicted molar refractivity (Wildman–Crippen MR) is 71.9 cm³/mol. The maximum absolute atomic E-state index is 11.9. The van der Waals surface area contributed by atoms with Gasteiger partial charge in [0.15, 0.2) is 0 Å². The molecule has 0 radical (unpaired) electrons. The first-order chi connectivity index (χ1) is 9.99. The van der Waals surface area contributed by atoms with Crippen molar-refractivity contribution in [2.24, 2.45) is 0 Å². The van der Waals surface area contributed by atoms with Gasteiger partial charge in [-0.25, -0.2) is 0 Å². The first kappa shape index (κ1) is 14.1. The maximum atomic E-state index is 11.9. The van der Waals surface area contributed by atoms with Crippen molar-refractivity contribution >= 4 is 23.0 Å². The zero-order valence-corrected chi connectivity index (χ0v) is 10.4. The van der Waals surface area contributed by atoms with Crippen molar-refractivity contribution in [3.8, 4) is 0 Å². The molecule has 0 unspecified atom stereocenters. The average molecular weight is 288 g/mol. The van der Waals surface area contributed by atoms with Crippen LogP contribution in [0.5, 0.6) is 0 Å². The Kier molecular flexibility index (Phi) is 3.84. The molecule has 0 saturated heterocycles. The molecule has 0 spiro atoms. The molecule has 0 aliphatic heterocycles. The number of anilines is 1. The van der Waals surface area contributed by atoms with Crippen molar-refractivity contribution in [1.29, 1.82) is 0 Å². The van der Waals surface area contributed by atoms with Crippen LogP contribution in [0.1, 0.15) is 10.4 Å². The van der Waals surface area contributed by atoms with Crippen molar-refractivity contribution in [3.63, 3.8) is 0 Å². The van der Waals surface area contributed by atoms with E-state index < -0.39 is 27.1 Å². The van der Waals surface area contributed by atoms with Crippen LogP contribution in [0.15, 0.2) is 42.7 Å². The van der Waals surface area contributed by atoms with E-state index in [1.807, 2.05) is 0 Å². The van der Waals surface area contributed by atoms with E-state index in [1.54, 1.807) is 6.07 Å². The van der Waals surface area contributed by atoms with Gasteiger partial charge in [-0.15, -0.1) is 0 Å². The van der Waals surface area contributed by atoms with E-state index in [-0.39, 0.29) is 11.3 Å². The van der Waals surface area contributed by atoms with Crippen LogP contribution < -0.4 is 5.32 Å². The summed E-state index contributed by atoms with van der Waals surface area (Å²) in [6.45, 7) is 0. The van der Waals surface area contributed by atoms with Gasteiger partial charge in [-0.2, -0.15) is 0 Å². The quantitative estimate of drug-likeness (QED) is 0.677. The first-order valence-corrected chi connectivity index (χ1v) is 5.63. The molecule has 21 heavy (non-hydrogen) atoms. The molecular weight excluding hydrogens is 280 g/mol. The number of hydrogen-bond acceptors (Lipinski definition) is 6. The van der Waals surface area contributed by atoms with Crippen molar-refractivity contribution in [1.82, 2.24) is 4.98 Å². The normalized spacial score (nSPS) is 9.90. The third-order valence-corrected chi connectivity index (χ3v) is 2.56. The van der Waals surface area contributed by atoms with Gasteiger partial charge < -0.3 is 5.32 Å². The van der Waals surface area contributed by atoms with E-state index >= 15 is 0 Å². The maximum Gasteiger partial charge on any atom is 0.299 e. The highest BCUT2D eigenvalue weighted by atomic mass is 16.6. The van der Waals surface area contributed by atoms with Gasteiger partial charge in [0.2, 0.25) is 0 Å². The van der Waals surface area contributed by atoms with Crippen molar-refractivity contribution < 1.29 is 14.6 Å². The van der Waals surface area contributed by atoms with Crippen LogP contribution >= 0.6 is 0 Å². The van der Waals surface area contributed by atoms with Gasteiger partial charge >= 0.3 is 0 Å². The summed E-state index contributed by atoms with van der Waals surface area (Å²) < 4.78 is 0. The molecule has 0 atom stereocenters. The van der Waals surface area contributed by atoms with Gasteiger partial charge in [-0.3, -0.25) is 30.0 Å². The number of rotatable bonds is 4. The van der Waals surface area contributed by atoms with Gasteiger partial charge in [-0.1, -0.05) is 0 Å². The molecule has 106 valence electrons. The van der Waals surface area contributed by atoms with Crippen molar-refractivity contribution in [2.75, 3.05) is 5.32 Å². The topological polar surface area (TPSA) is 128 Å². The molecular formula is C12H8N4O5. The van der Waals surface area contributed by atoms with E-state index in [1.165, 1.54) is 18.5 Å². The standard InChI is InChI=1S/C12H8N4O5/c17-12(8-2-1-5-13-7-8)14-10-4-3-9(15(18)19)6-11(10)16(20)21/h1-7H,(H,14,17). The Labute approximate surface area is 117 Å². The number of aromatic nitrogens is 1. The average Bonchev–Trinajstić information content (AvgIpc) is 2.48. The lowest BCUT2D eigenvalue weighted by molar-refractivity contribution is -0.393. The molecule has 1 amide bonds. The second-order valence-corrected chi connectivity index (χ2v) is 3.91. The summed E-state index contributed by atoms with van der Waals surface area (Å²) in [5.74, 6) is -0.597. The summed E-state index contributed by atoms with van der Waals surface area (Å²) in [5.41, 5.74) is -0.896. The Morgan fingerprint density at radius 1 is 1.14 bits per heavy atom. The Morgan fingerprint density at radius 3 is 2.48 bits per heavy atom. The molecule has 0 saturated carbocycles. The van der Waals surface area contributed by atoms with E-state index in [2.05, 4.69) is 10.3 Å². The molecule has 1 N–H and O–H groups in total. The molecule has 1 heterocycles. The van der Waals surface area contributed by atoms with Crippen LogP contribution in [0.3, 0.4) is 0 Å². The van der Waals surface area contributed by atoms with Crippen LogP contribution in [-0.4, -0.2) is 20.7 Å². The van der Waals surface area contributed by atoms with Gasteiger partial charge in [0.1, 0.15) is 5.69 Å². The van der Waals surface area contributed by atoms with Gasteiger partial charge in [0.25, 0.3) is 17.3 Å². The third-order valence-electron chi connectivity index (χ3n) is 2.56. The molecule has 2 aromatic rings. The number of carbonyl (C=O) groups is 1. The number of pyridine rings is 1. The molecule has 1 aromatic carbocycles. The summed E-state index contributed by atoms with van der Waals surface area (Å²) in [6.07, 6.45) is 2.78. The van der Waals surface area contributed by atoms with E-state index in [4.69, 9.17) is 0 Å². The summed E-state index contributed by atoms with van der Waals surface area (Å²) in [4.78, 5) is 35.7. The number of nitrogens with one attached hydrogen (secondary N) is 1. The van der Waals surface area contributed by atoms with E-state index in [0.717, 1.165) is 18.2 Å². The SMILES string of the molecule is O=C(Nc1ccc([N+](=O)[O-])cc1[N+](=O)[O-])c1cccnc1. The Hall–Kier alpha value is -3.36. The minimum Gasteiger partial charge on any atom is -0.316 e. The van der Waals surface area contributed by atoms with Crippen LogP contribution in [0.2, 0.25) is 0 Å². The predicted octanol–water partition coefficient (Wildman–Crippen LogP) is 2.15. The summed E-state index contributed by atoms with van der Waals surface area (Å²) in [5, 5.41) is 23.9. The Morgan fingerprint density at radius 2 is 1.90 bits per heavy atom. The number of nitrogens with zero attached hydrogens (tertiary/aromatic N) is 3. The minimum absolute atomic E-state index is 0.126. The monoisotopic (exact) mass is 288 g/mol. The zero-order valence-electron chi connectivity index (χ0n) is 10.4. The third kappa shape index (κ3) is 3.15. The summed E-state index contributed by atoms with van der Waals surface area (Å²) in [7, 11) is 0. The van der Waals surface area contributed by atoms with Crippen molar-refractivity contribution in [2.45, 2.75) is 0 Å². The van der Waals surface area contributed by atoms with Crippen LogP contribution in [0.25, 0.3) is 0 Å². The lowest BCUT2D eigenvalue weighted by Gasteiger charge is -2.05. The lowest BCUT2D eigenvalue weighted by Crippen LogP contribution is -2.13. The first-order valence-electron chi connectivity index (χ1n) is 5.63. The summed E-state index contributed by atoms with van der Waals surface area (Å²) in [6, 6.07) is 6.01. The number of nitro benzene ring substituents is 2. The number of nitro groups is 2. The minimum atomic E-state index is -0.800. The molecule has 1 aromatic heterocycles. The lowest BCUT2D eigenvalue weighted by atomic mass is 10.2. The fourth-order valence-electron chi connectivity index (χ4n) is 1.58. The highest BCUT2D eigenvalue weighted by Gasteiger charge is 2.21. The summed E-state index contributed by atoms with van der Waals surface area (Å²) >= 11 is 0. The van der Waals surface area contributed by atoms with Gasteiger partial charge in [-0.05, 0) is 18.2 Å². The van der Waals surface area contributed by atoms with E-state index in [0.29, 0.717) is 0 Å². The fraction of sp³-hybridized carbons (Fsp3) is 0. The number of carbonyl (C=O) groups excluding carboxylic acids is 1. The molecule has 2 rings (SSSR count). The molecule has 0 bridgehead atoms. The highest BCUT2D eigenvalue weighted by molar-refractivity contribution is 6.05. The largest absolute Gasteiger partial charge is 0.316 e. The molecule has 9 heteroatoms. The number of non-ortho nitro benzene ring substituents is 1. The molecule has 0 aliphatic rings. The van der Waals surface area contributed by atoms with E-state index in [9.17, 15) is 25.0 Å². The van der Waals surface area contributed by atoms with Crippen molar-refractivity contribution in [3.05, 3.63) is 68.5 Å². The second-order valence-electron chi connectivity index (χ2n) is 3.91. The zero-order chi connectivity index (χ0) is 15.4. The molecule has 9 nitrogen and oxygen atoms in total.